The predicted molar refractivity (Wildman–Crippen MR) is 74.5 cm³/mol. The van der Waals surface area contributed by atoms with E-state index >= 15 is 0 Å². The van der Waals surface area contributed by atoms with Gasteiger partial charge in [-0.05, 0) is 12.2 Å². The van der Waals surface area contributed by atoms with Crippen LogP contribution in [-0.2, 0) is 10.5 Å². The standard InChI is InChI=1S/C12H17NO3S2/c1-5-16-12(15)10-11(8(4)14)18-9(13-10)6-17-7(2)3/h7H,5-6H2,1-4H3. The molecule has 1 aromatic rings. The van der Waals surface area contributed by atoms with Crippen molar-refractivity contribution in [1.82, 2.24) is 4.98 Å². The zero-order chi connectivity index (χ0) is 13.7. The molecule has 0 aliphatic rings. The fourth-order valence-electron chi connectivity index (χ4n) is 1.24. The number of thioether (sulfide) groups is 1. The molecule has 100 valence electrons. The molecule has 0 saturated carbocycles. The lowest BCUT2D eigenvalue weighted by atomic mass is 10.3. The van der Waals surface area contributed by atoms with Crippen LogP contribution in [0.15, 0.2) is 0 Å². The van der Waals surface area contributed by atoms with Crippen LogP contribution < -0.4 is 0 Å². The minimum absolute atomic E-state index is 0.142. The van der Waals surface area contributed by atoms with E-state index in [1.54, 1.807) is 18.7 Å². The van der Waals surface area contributed by atoms with E-state index in [0.717, 1.165) is 5.01 Å². The highest BCUT2D eigenvalue weighted by atomic mass is 32.2. The van der Waals surface area contributed by atoms with Gasteiger partial charge in [-0.1, -0.05) is 13.8 Å². The molecule has 0 unspecified atom stereocenters. The van der Waals surface area contributed by atoms with Gasteiger partial charge in [-0.2, -0.15) is 11.8 Å². The molecule has 1 rings (SSSR count). The summed E-state index contributed by atoms with van der Waals surface area (Å²) in [5.74, 6) is 0.0539. The molecule has 0 spiro atoms. The van der Waals surface area contributed by atoms with E-state index < -0.39 is 5.97 Å². The fraction of sp³-hybridized carbons (Fsp3) is 0.583. The van der Waals surface area contributed by atoms with E-state index in [0.29, 0.717) is 15.9 Å². The van der Waals surface area contributed by atoms with E-state index in [1.807, 2.05) is 0 Å². The van der Waals surface area contributed by atoms with Crippen molar-refractivity contribution < 1.29 is 14.3 Å². The summed E-state index contributed by atoms with van der Waals surface area (Å²) in [5, 5.41) is 1.28. The van der Waals surface area contributed by atoms with Gasteiger partial charge in [0, 0.05) is 12.7 Å². The van der Waals surface area contributed by atoms with Gasteiger partial charge in [0.25, 0.3) is 0 Å². The Kier molecular flexibility index (Phi) is 5.81. The Balaban J connectivity index is 2.93. The molecule has 0 fully saturated rings. The maximum atomic E-state index is 11.7. The highest BCUT2D eigenvalue weighted by Gasteiger charge is 2.22. The summed E-state index contributed by atoms with van der Waals surface area (Å²) in [6.07, 6.45) is 0. The molecular formula is C12H17NO3S2. The molecule has 0 amide bonds. The highest BCUT2D eigenvalue weighted by molar-refractivity contribution is 7.99. The largest absolute Gasteiger partial charge is 0.461 e. The Morgan fingerprint density at radius 2 is 2.11 bits per heavy atom. The highest BCUT2D eigenvalue weighted by Crippen LogP contribution is 2.25. The first kappa shape index (κ1) is 15.2. The van der Waals surface area contributed by atoms with Crippen LogP contribution in [0.3, 0.4) is 0 Å². The molecule has 18 heavy (non-hydrogen) atoms. The number of aromatic nitrogens is 1. The van der Waals surface area contributed by atoms with E-state index in [-0.39, 0.29) is 18.1 Å². The van der Waals surface area contributed by atoms with Crippen LogP contribution in [-0.4, -0.2) is 28.6 Å². The first-order valence-electron chi connectivity index (χ1n) is 5.75. The van der Waals surface area contributed by atoms with E-state index in [4.69, 9.17) is 4.74 Å². The molecule has 0 bridgehead atoms. The van der Waals surface area contributed by atoms with Gasteiger partial charge in [-0.3, -0.25) is 4.79 Å². The fourth-order valence-corrected chi connectivity index (χ4v) is 2.96. The Hall–Kier alpha value is -0.880. The SMILES string of the molecule is CCOC(=O)c1nc(CSC(C)C)sc1C(C)=O. The molecule has 4 nitrogen and oxygen atoms in total. The zero-order valence-corrected chi connectivity index (χ0v) is 12.6. The van der Waals surface area contributed by atoms with Crippen LogP contribution >= 0.6 is 23.1 Å². The summed E-state index contributed by atoms with van der Waals surface area (Å²) < 4.78 is 4.90. The third-order valence-corrected chi connectivity index (χ3v) is 4.45. The quantitative estimate of drug-likeness (QED) is 0.594. The molecule has 0 aliphatic carbocycles. The summed E-state index contributed by atoms with van der Waals surface area (Å²) in [5.41, 5.74) is 0.161. The average Bonchev–Trinajstić information content (AvgIpc) is 2.71. The van der Waals surface area contributed by atoms with Crippen molar-refractivity contribution in [3.63, 3.8) is 0 Å². The van der Waals surface area contributed by atoms with Crippen molar-refractivity contribution in [1.29, 1.82) is 0 Å². The number of ether oxygens (including phenoxy) is 1. The lowest BCUT2D eigenvalue weighted by molar-refractivity contribution is 0.0517. The van der Waals surface area contributed by atoms with E-state index in [2.05, 4.69) is 18.8 Å². The van der Waals surface area contributed by atoms with E-state index in [9.17, 15) is 9.59 Å². The van der Waals surface area contributed by atoms with Gasteiger partial charge >= 0.3 is 5.97 Å². The topological polar surface area (TPSA) is 56.3 Å². The van der Waals surface area contributed by atoms with E-state index in [1.165, 1.54) is 18.3 Å². The van der Waals surface area contributed by atoms with Gasteiger partial charge in [0.1, 0.15) is 9.88 Å². The van der Waals surface area contributed by atoms with Crippen molar-refractivity contribution in [3.05, 3.63) is 15.6 Å². The van der Waals surface area contributed by atoms with Crippen molar-refractivity contribution in [2.75, 3.05) is 6.61 Å². The molecule has 0 aliphatic heterocycles. The van der Waals surface area contributed by atoms with Gasteiger partial charge in [-0.25, -0.2) is 9.78 Å². The summed E-state index contributed by atoms with van der Waals surface area (Å²) in [6.45, 7) is 7.64. The maximum Gasteiger partial charge on any atom is 0.358 e. The zero-order valence-electron chi connectivity index (χ0n) is 11.0. The predicted octanol–water partition coefficient (Wildman–Crippen LogP) is 3.16. The van der Waals surface area contributed by atoms with Crippen LogP contribution in [0.4, 0.5) is 0 Å². The minimum Gasteiger partial charge on any atom is -0.461 e. The Morgan fingerprint density at radius 3 is 2.61 bits per heavy atom. The molecule has 6 heteroatoms. The first-order valence-corrected chi connectivity index (χ1v) is 7.61. The number of rotatable bonds is 6. The second kappa shape index (κ2) is 6.89. The lowest BCUT2D eigenvalue weighted by Gasteiger charge is -2.00. The number of hydrogen-bond donors (Lipinski definition) is 0. The van der Waals surface area contributed by atoms with Gasteiger partial charge in [0.2, 0.25) is 0 Å². The Labute approximate surface area is 115 Å². The number of carbonyl (C=O) groups excluding carboxylic acids is 2. The summed E-state index contributed by atoms with van der Waals surface area (Å²) in [7, 11) is 0. The summed E-state index contributed by atoms with van der Waals surface area (Å²) in [4.78, 5) is 27.8. The van der Waals surface area contributed by atoms with Crippen molar-refractivity contribution in [3.8, 4) is 0 Å². The van der Waals surface area contributed by atoms with Crippen LogP contribution in [0.5, 0.6) is 0 Å². The van der Waals surface area contributed by atoms with Gasteiger partial charge in [-0.15, -0.1) is 11.3 Å². The molecule has 1 aromatic heterocycles. The number of thiazole rings is 1. The Morgan fingerprint density at radius 1 is 1.44 bits per heavy atom. The number of esters is 1. The van der Waals surface area contributed by atoms with Crippen molar-refractivity contribution in [2.45, 2.75) is 38.7 Å². The number of hydrogen-bond acceptors (Lipinski definition) is 6. The van der Waals surface area contributed by atoms with Crippen molar-refractivity contribution >= 4 is 34.9 Å². The monoisotopic (exact) mass is 287 g/mol. The molecule has 0 atom stereocenters. The average molecular weight is 287 g/mol. The van der Waals surface area contributed by atoms with Gasteiger partial charge < -0.3 is 4.74 Å². The second-order valence-corrected chi connectivity index (χ2v) is 6.57. The lowest BCUT2D eigenvalue weighted by Crippen LogP contribution is -2.09. The third-order valence-electron chi connectivity index (χ3n) is 2.00. The number of nitrogens with zero attached hydrogens (tertiary/aromatic N) is 1. The van der Waals surface area contributed by atoms with Crippen LogP contribution in [0.2, 0.25) is 0 Å². The van der Waals surface area contributed by atoms with Crippen LogP contribution in [0, 0.1) is 0 Å². The van der Waals surface area contributed by atoms with Crippen LogP contribution in [0.25, 0.3) is 0 Å². The summed E-state index contributed by atoms with van der Waals surface area (Å²) >= 11 is 3.01. The second-order valence-electron chi connectivity index (χ2n) is 3.92. The number of carbonyl (C=O) groups is 2. The number of Topliss-reactive ketones (excluding diaryl/α,β-unsaturated/α-hetero) is 1. The van der Waals surface area contributed by atoms with Crippen molar-refractivity contribution in [2.24, 2.45) is 0 Å². The molecule has 0 aromatic carbocycles. The summed E-state index contributed by atoms with van der Waals surface area (Å²) in [6, 6.07) is 0. The molecular weight excluding hydrogens is 270 g/mol. The first-order chi connectivity index (χ1) is 8.45. The molecule has 0 saturated heterocycles. The minimum atomic E-state index is -0.514. The van der Waals surface area contributed by atoms with Crippen LogP contribution in [0.1, 0.15) is 52.9 Å². The molecule has 0 radical (unpaired) electrons. The van der Waals surface area contributed by atoms with Gasteiger partial charge in [0.15, 0.2) is 11.5 Å². The third kappa shape index (κ3) is 4.10. The molecule has 0 N–H and O–H groups in total. The smallest absolute Gasteiger partial charge is 0.358 e. The normalized spacial score (nSPS) is 10.7. The maximum absolute atomic E-state index is 11.7. The molecule has 1 heterocycles. The Bertz CT molecular complexity index is 441. The number of ketones is 1. The van der Waals surface area contributed by atoms with Gasteiger partial charge in [0.05, 0.1) is 6.61 Å².